The molecule has 0 aromatic carbocycles. The fourth-order valence-electron chi connectivity index (χ4n) is 4.47. The van der Waals surface area contributed by atoms with E-state index in [1.807, 2.05) is 4.90 Å². The lowest BCUT2D eigenvalue weighted by Gasteiger charge is -2.43. The van der Waals surface area contributed by atoms with Crippen molar-refractivity contribution in [3.05, 3.63) is 0 Å². The van der Waals surface area contributed by atoms with Crippen LogP contribution in [-0.2, 0) is 9.59 Å². The molecule has 0 bridgehead atoms. The minimum Gasteiger partial charge on any atom is -0.342 e. The molecule has 21 heavy (non-hydrogen) atoms. The summed E-state index contributed by atoms with van der Waals surface area (Å²) in [5.74, 6) is 1.28. The molecule has 1 N–H and O–H groups in total. The normalized spacial score (nSPS) is 35.7. The van der Waals surface area contributed by atoms with Crippen molar-refractivity contribution in [2.45, 2.75) is 76.8 Å². The summed E-state index contributed by atoms with van der Waals surface area (Å²) in [5, 5.41) is 2.99. The molecule has 1 aliphatic heterocycles. The van der Waals surface area contributed by atoms with E-state index in [1.54, 1.807) is 0 Å². The third-order valence-electron chi connectivity index (χ3n) is 5.65. The molecule has 0 spiro atoms. The third kappa shape index (κ3) is 3.24. The second-order valence-electron chi connectivity index (χ2n) is 7.34. The highest BCUT2D eigenvalue weighted by atomic mass is 16.2. The molecule has 3 fully saturated rings. The maximum absolute atomic E-state index is 12.9. The molecule has 3 rings (SSSR count). The molecule has 2 aliphatic carbocycles. The Hall–Kier alpha value is -1.06. The molecular formula is C17H28N2O2. The Morgan fingerprint density at radius 1 is 1.00 bits per heavy atom. The van der Waals surface area contributed by atoms with E-state index in [9.17, 15) is 9.59 Å². The van der Waals surface area contributed by atoms with Gasteiger partial charge in [-0.1, -0.05) is 39.0 Å². The number of carbonyl (C=O) groups is 2. The number of hydrogen-bond donors (Lipinski definition) is 1. The van der Waals surface area contributed by atoms with Gasteiger partial charge in [-0.05, 0) is 37.5 Å². The molecule has 1 heterocycles. The Labute approximate surface area is 127 Å². The van der Waals surface area contributed by atoms with Crippen LogP contribution in [0.2, 0.25) is 0 Å². The van der Waals surface area contributed by atoms with Crippen LogP contribution in [0.4, 0.5) is 0 Å². The molecule has 0 radical (unpaired) electrons. The van der Waals surface area contributed by atoms with Gasteiger partial charge in [-0.25, -0.2) is 0 Å². The van der Waals surface area contributed by atoms with Crippen molar-refractivity contribution >= 4 is 11.8 Å². The van der Waals surface area contributed by atoms with Gasteiger partial charge in [-0.2, -0.15) is 0 Å². The second kappa shape index (κ2) is 6.37. The molecule has 0 aromatic heterocycles. The summed E-state index contributed by atoms with van der Waals surface area (Å²) in [6.07, 6.45) is 10.4. The van der Waals surface area contributed by atoms with Gasteiger partial charge >= 0.3 is 0 Å². The van der Waals surface area contributed by atoms with E-state index in [0.717, 1.165) is 25.7 Å². The van der Waals surface area contributed by atoms with E-state index in [-0.39, 0.29) is 24.4 Å². The van der Waals surface area contributed by atoms with E-state index < -0.39 is 0 Å². The zero-order valence-electron chi connectivity index (χ0n) is 13.1. The van der Waals surface area contributed by atoms with Crippen molar-refractivity contribution < 1.29 is 9.59 Å². The zero-order valence-corrected chi connectivity index (χ0v) is 13.1. The summed E-state index contributed by atoms with van der Waals surface area (Å²) in [6, 6.07) is 0.0437. The molecule has 1 saturated heterocycles. The maximum Gasteiger partial charge on any atom is 0.246 e. The largest absolute Gasteiger partial charge is 0.342 e. The van der Waals surface area contributed by atoms with Gasteiger partial charge in [0.2, 0.25) is 11.8 Å². The molecule has 2 saturated carbocycles. The van der Waals surface area contributed by atoms with Crippen LogP contribution in [0, 0.1) is 11.8 Å². The zero-order chi connectivity index (χ0) is 14.8. The van der Waals surface area contributed by atoms with E-state index >= 15 is 0 Å². The van der Waals surface area contributed by atoms with Crippen LogP contribution in [0.15, 0.2) is 0 Å². The Morgan fingerprint density at radius 2 is 1.76 bits per heavy atom. The second-order valence-corrected chi connectivity index (χ2v) is 7.34. The predicted octanol–water partition coefficient (Wildman–Crippen LogP) is 2.47. The number of nitrogens with one attached hydrogen (secondary N) is 1. The van der Waals surface area contributed by atoms with Crippen molar-refractivity contribution in [2.24, 2.45) is 11.8 Å². The first-order valence-corrected chi connectivity index (χ1v) is 8.75. The van der Waals surface area contributed by atoms with Gasteiger partial charge in [0.15, 0.2) is 0 Å². The van der Waals surface area contributed by atoms with Gasteiger partial charge in [0.05, 0.1) is 6.54 Å². The highest BCUT2D eigenvalue weighted by Gasteiger charge is 2.41. The van der Waals surface area contributed by atoms with E-state index in [1.165, 1.54) is 32.1 Å². The molecule has 2 amide bonds. The SMILES string of the molecule is CC1CCCC(N2CC(=O)NC(C3CCCCC3)C2=O)C1. The van der Waals surface area contributed by atoms with Crippen LogP contribution in [-0.4, -0.2) is 35.3 Å². The van der Waals surface area contributed by atoms with Crippen LogP contribution < -0.4 is 5.32 Å². The van der Waals surface area contributed by atoms with Crippen molar-refractivity contribution in [2.75, 3.05) is 6.54 Å². The Bertz CT molecular complexity index is 404. The van der Waals surface area contributed by atoms with Gasteiger partial charge in [0.25, 0.3) is 0 Å². The highest BCUT2D eigenvalue weighted by Crippen LogP contribution is 2.32. The Morgan fingerprint density at radius 3 is 2.48 bits per heavy atom. The summed E-state index contributed by atoms with van der Waals surface area (Å²) in [6.45, 7) is 2.54. The molecule has 4 nitrogen and oxygen atoms in total. The number of rotatable bonds is 2. The average Bonchev–Trinajstić information content (AvgIpc) is 2.50. The minimum atomic E-state index is -0.246. The monoisotopic (exact) mass is 292 g/mol. The number of carbonyl (C=O) groups excluding carboxylic acids is 2. The minimum absolute atomic E-state index is 0.0448. The lowest BCUT2D eigenvalue weighted by Crippen LogP contribution is -2.63. The van der Waals surface area contributed by atoms with Crippen LogP contribution in [0.1, 0.15) is 64.7 Å². The summed E-state index contributed by atoms with van der Waals surface area (Å²) in [5.41, 5.74) is 0. The third-order valence-corrected chi connectivity index (χ3v) is 5.65. The predicted molar refractivity (Wildman–Crippen MR) is 81.6 cm³/mol. The number of nitrogens with zero attached hydrogens (tertiary/aromatic N) is 1. The topological polar surface area (TPSA) is 49.4 Å². The average molecular weight is 292 g/mol. The molecular weight excluding hydrogens is 264 g/mol. The van der Waals surface area contributed by atoms with Crippen molar-refractivity contribution in [1.29, 1.82) is 0 Å². The summed E-state index contributed by atoms with van der Waals surface area (Å²) < 4.78 is 0. The Balaban J connectivity index is 1.71. The van der Waals surface area contributed by atoms with Gasteiger partial charge in [-0.15, -0.1) is 0 Å². The maximum atomic E-state index is 12.9. The van der Waals surface area contributed by atoms with Crippen molar-refractivity contribution in [1.82, 2.24) is 10.2 Å². The number of hydrogen-bond acceptors (Lipinski definition) is 2. The highest BCUT2D eigenvalue weighted by molar-refractivity contribution is 5.95. The van der Waals surface area contributed by atoms with Crippen LogP contribution in [0.25, 0.3) is 0 Å². The number of amides is 2. The van der Waals surface area contributed by atoms with E-state index in [2.05, 4.69) is 12.2 Å². The fourth-order valence-corrected chi connectivity index (χ4v) is 4.47. The van der Waals surface area contributed by atoms with E-state index in [0.29, 0.717) is 17.9 Å². The van der Waals surface area contributed by atoms with Gasteiger partial charge in [0, 0.05) is 6.04 Å². The molecule has 3 aliphatic rings. The summed E-state index contributed by atoms with van der Waals surface area (Å²) in [7, 11) is 0. The van der Waals surface area contributed by atoms with Crippen LogP contribution in [0.5, 0.6) is 0 Å². The van der Waals surface area contributed by atoms with Gasteiger partial charge in [0.1, 0.15) is 6.04 Å². The first-order valence-electron chi connectivity index (χ1n) is 8.75. The number of piperazine rings is 1. The summed E-state index contributed by atoms with van der Waals surface area (Å²) >= 11 is 0. The first kappa shape index (κ1) is 14.9. The smallest absolute Gasteiger partial charge is 0.246 e. The first-order chi connectivity index (χ1) is 10.1. The van der Waals surface area contributed by atoms with Crippen LogP contribution >= 0.6 is 0 Å². The molecule has 3 unspecified atom stereocenters. The van der Waals surface area contributed by atoms with Crippen molar-refractivity contribution in [3.63, 3.8) is 0 Å². The standard InChI is InChI=1S/C17H28N2O2/c1-12-6-5-9-14(10-12)19-11-15(20)18-16(17(19)21)13-7-3-2-4-8-13/h12-14,16H,2-11H2,1H3,(H,18,20). The fraction of sp³-hybridized carbons (Fsp3) is 0.882. The molecule has 118 valence electrons. The lowest BCUT2D eigenvalue weighted by molar-refractivity contribution is -0.149. The van der Waals surface area contributed by atoms with Crippen LogP contribution in [0.3, 0.4) is 0 Å². The Kier molecular flexibility index (Phi) is 4.51. The van der Waals surface area contributed by atoms with E-state index in [4.69, 9.17) is 0 Å². The summed E-state index contributed by atoms with van der Waals surface area (Å²) in [4.78, 5) is 26.9. The molecule has 4 heteroatoms. The van der Waals surface area contributed by atoms with Gasteiger partial charge < -0.3 is 10.2 Å². The van der Waals surface area contributed by atoms with Gasteiger partial charge in [-0.3, -0.25) is 9.59 Å². The molecule has 3 atom stereocenters. The van der Waals surface area contributed by atoms with Crippen molar-refractivity contribution in [3.8, 4) is 0 Å². The lowest BCUT2D eigenvalue weighted by atomic mass is 9.81. The quantitative estimate of drug-likeness (QED) is 0.850. The molecule has 0 aromatic rings.